The van der Waals surface area contributed by atoms with Gasteiger partial charge >= 0.3 is 5.97 Å². The number of para-hydroxylation sites is 1. The molecule has 112 valence electrons. The molecule has 0 aliphatic carbocycles. The number of aliphatic carboxylic acids is 1. The van der Waals surface area contributed by atoms with Gasteiger partial charge in [-0.15, -0.1) is 0 Å². The number of carboxylic acids is 1. The second kappa shape index (κ2) is 6.43. The molecule has 0 fully saturated rings. The van der Waals surface area contributed by atoms with Crippen molar-refractivity contribution in [1.29, 1.82) is 0 Å². The van der Waals surface area contributed by atoms with Gasteiger partial charge in [0, 0.05) is 24.3 Å². The number of likely N-dealkylation sites (N-methyl/N-ethyl adjacent to an activating group) is 1. The number of rotatable bonds is 6. The van der Waals surface area contributed by atoms with Crippen molar-refractivity contribution in [1.82, 2.24) is 4.98 Å². The van der Waals surface area contributed by atoms with Crippen molar-refractivity contribution >= 4 is 22.6 Å². The number of aromatic nitrogens is 1. The van der Waals surface area contributed by atoms with Gasteiger partial charge in [-0.25, -0.2) is 4.79 Å². The second-order valence-corrected chi connectivity index (χ2v) is 4.96. The van der Waals surface area contributed by atoms with E-state index in [0.29, 0.717) is 6.61 Å². The monoisotopic (exact) mass is 288 g/mol. The summed E-state index contributed by atoms with van der Waals surface area (Å²) >= 11 is 0. The largest absolute Gasteiger partial charge is 0.491 e. The van der Waals surface area contributed by atoms with Crippen molar-refractivity contribution in [2.75, 3.05) is 18.6 Å². The summed E-state index contributed by atoms with van der Waals surface area (Å²) in [5, 5.41) is 10.1. The van der Waals surface area contributed by atoms with E-state index in [2.05, 4.69) is 4.98 Å². The minimum Gasteiger partial charge on any atom is -0.491 e. The van der Waals surface area contributed by atoms with Crippen LogP contribution in [0.5, 0.6) is 5.75 Å². The van der Waals surface area contributed by atoms with Gasteiger partial charge in [-0.2, -0.15) is 0 Å². The lowest BCUT2D eigenvalue weighted by atomic mass is 10.1. The molecule has 0 aliphatic heterocycles. The Morgan fingerprint density at radius 1 is 1.43 bits per heavy atom. The summed E-state index contributed by atoms with van der Waals surface area (Å²) in [6.07, 6.45) is 2.60. The van der Waals surface area contributed by atoms with Gasteiger partial charge in [-0.3, -0.25) is 4.98 Å². The van der Waals surface area contributed by atoms with Crippen molar-refractivity contribution < 1.29 is 14.6 Å². The maximum atomic E-state index is 11.2. The molecule has 1 atom stereocenters. The SMILES string of the molecule is CCCOc1cccc2c(N(C)C(C)C(=O)O)ccnc12. The third-order valence-corrected chi connectivity index (χ3v) is 3.49. The van der Waals surface area contributed by atoms with Crippen LogP contribution < -0.4 is 9.64 Å². The highest BCUT2D eigenvalue weighted by atomic mass is 16.5. The van der Waals surface area contributed by atoms with E-state index in [9.17, 15) is 9.90 Å². The first-order valence-corrected chi connectivity index (χ1v) is 7.02. The van der Waals surface area contributed by atoms with Gasteiger partial charge in [0.1, 0.15) is 17.3 Å². The third kappa shape index (κ3) is 3.07. The summed E-state index contributed by atoms with van der Waals surface area (Å²) in [6, 6.07) is 6.93. The molecule has 5 heteroatoms. The van der Waals surface area contributed by atoms with Crippen LogP contribution in [-0.4, -0.2) is 35.8 Å². The van der Waals surface area contributed by atoms with Gasteiger partial charge in [0.15, 0.2) is 0 Å². The molecule has 1 N–H and O–H groups in total. The molecule has 0 amide bonds. The van der Waals surface area contributed by atoms with Gasteiger partial charge < -0.3 is 14.7 Å². The lowest BCUT2D eigenvalue weighted by Crippen LogP contribution is -2.35. The number of carboxylic acid groups (broad SMARTS) is 1. The van der Waals surface area contributed by atoms with Gasteiger partial charge in [-0.05, 0) is 25.5 Å². The number of nitrogens with zero attached hydrogens (tertiary/aromatic N) is 2. The predicted molar refractivity (Wildman–Crippen MR) is 83.0 cm³/mol. The van der Waals surface area contributed by atoms with Crippen molar-refractivity contribution in [2.24, 2.45) is 0 Å². The molecule has 5 nitrogen and oxygen atoms in total. The minimum atomic E-state index is -0.860. The van der Waals surface area contributed by atoms with Crippen LogP contribution in [-0.2, 0) is 4.79 Å². The van der Waals surface area contributed by atoms with Crippen LogP contribution in [0.15, 0.2) is 30.5 Å². The minimum absolute atomic E-state index is 0.615. The Kier molecular flexibility index (Phi) is 4.62. The number of anilines is 1. The number of ether oxygens (including phenoxy) is 1. The number of carbonyl (C=O) groups is 1. The van der Waals surface area contributed by atoms with E-state index in [1.165, 1.54) is 0 Å². The van der Waals surface area contributed by atoms with Crippen LogP contribution in [0.2, 0.25) is 0 Å². The molecule has 0 bridgehead atoms. The van der Waals surface area contributed by atoms with E-state index < -0.39 is 12.0 Å². The Morgan fingerprint density at radius 3 is 2.86 bits per heavy atom. The van der Waals surface area contributed by atoms with Gasteiger partial charge in [-0.1, -0.05) is 19.1 Å². The molecule has 0 saturated heterocycles. The Bertz CT molecular complexity index is 642. The van der Waals surface area contributed by atoms with E-state index in [4.69, 9.17) is 4.74 Å². The van der Waals surface area contributed by atoms with Crippen LogP contribution >= 0.6 is 0 Å². The van der Waals surface area contributed by atoms with Crippen molar-refractivity contribution in [3.63, 3.8) is 0 Å². The predicted octanol–water partition coefficient (Wildman–Crippen LogP) is 2.93. The van der Waals surface area contributed by atoms with Crippen molar-refractivity contribution in [3.05, 3.63) is 30.5 Å². The van der Waals surface area contributed by atoms with Crippen LogP contribution in [0.4, 0.5) is 5.69 Å². The smallest absolute Gasteiger partial charge is 0.326 e. The molecular weight excluding hydrogens is 268 g/mol. The van der Waals surface area contributed by atoms with E-state index >= 15 is 0 Å². The molecule has 2 rings (SSSR count). The lowest BCUT2D eigenvalue weighted by Gasteiger charge is -2.25. The molecule has 1 heterocycles. The molecule has 1 aromatic carbocycles. The summed E-state index contributed by atoms with van der Waals surface area (Å²) in [5.74, 6) is -0.131. The summed E-state index contributed by atoms with van der Waals surface area (Å²) in [5.41, 5.74) is 1.59. The first kappa shape index (κ1) is 15.1. The topological polar surface area (TPSA) is 62.7 Å². The molecule has 2 aromatic rings. The van der Waals surface area contributed by atoms with Gasteiger partial charge in [0.25, 0.3) is 0 Å². The summed E-state index contributed by atoms with van der Waals surface area (Å²) in [7, 11) is 1.77. The first-order valence-electron chi connectivity index (χ1n) is 7.02. The Morgan fingerprint density at radius 2 is 2.19 bits per heavy atom. The van der Waals surface area contributed by atoms with Gasteiger partial charge in [0.2, 0.25) is 0 Å². The Balaban J connectivity index is 2.49. The summed E-state index contributed by atoms with van der Waals surface area (Å²) in [6.45, 7) is 4.34. The molecule has 0 radical (unpaired) electrons. The highest BCUT2D eigenvalue weighted by Gasteiger charge is 2.19. The molecule has 1 unspecified atom stereocenters. The molecule has 0 aliphatic rings. The fourth-order valence-corrected chi connectivity index (χ4v) is 2.14. The summed E-state index contributed by atoms with van der Waals surface area (Å²) < 4.78 is 5.71. The molecule has 21 heavy (non-hydrogen) atoms. The quantitative estimate of drug-likeness (QED) is 0.885. The molecule has 0 spiro atoms. The Hall–Kier alpha value is -2.30. The standard InChI is InChI=1S/C16H20N2O3/c1-4-10-21-14-7-5-6-12-13(8-9-17-15(12)14)18(3)11(2)16(19)20/h5-9,11H,4,10H2,1-3H3,(H,19,20). The lowest BCUT2D eigenvalue weighted by molar-refractivity contribution is -0.138. The maximum Gasteiger partial charge on any atom is 0.326 e. The van der Waals surface area contributed by atoms with E-state index in [1.54, 1.807) is 25.1 Å². The number of pyridine rings is 1. The normalized spacial score (nSPS) is 12.1. The highest BCUT2D eigenvalue weighted by Crippen LogP contribution is 2.31. The average molecular weight is 288 g/mol. The molecule has 0 saturated carbocycles. The summed E-state index contributed by atoms with van der Waals surface area (Å²) in [4.78, 5) is 17.3. The van der Waals surface area contributed by atoms with Crippen LogP contribution in [0, 0.1) is 0 Å². The third-order valence-electron chi connectivity index (χ3n) is 3.49. The fraction of sp³-hybridized carbons (Fsp3) is 0.375. The molecule has 1 aromatic heterocycles. The first-order chi connectivity index (χ1) is 10.1. The van der Waals surface area contributed by atoms with Crippen molar-refractivity contribution in [3.8, 4) is 5.75 Å². The van der Waals surface area contributed by atoms with E-state index in [1.807, 2.05) is 31.2 Å². The number of fused-ring (bicyclic) bond motifs is 1. The number of benzene rings is 1. The zero-order chi connectivity index (χ0) is 15.4. The number of hydrogen-bond donors (Lipinski definition) is 1. The average Bonchev–Trinajstić information content (AvgIpc) is 2.50. The molecular formula is C16H20N2O3. The second-order valence-electron chi connectivity index (χ2n) is 4.96. The maximum absolute atomic E-state index is 11.2. The van der Waals surface area contributed by atoms with Crippen LogP contribution in [0.1, 0.15) is 20.3 Å². The van der Waals surface area contributed by atoms with E-state index in [-0.39, 0.29) is 0 Å². The number of hydrogen-bond acceptors (Lipinski definition) is 4. The van der Waals surface area contributed by atoms with E-state index in [0.717, 1.165) is 28.8 Å². The zero-order valence-electron chi connectivity index (χ0n) is 12.5. The fourth-order valence-electron chi connectivity index (χ4n) is 2.14. The zero-order valence-corrected chi connectivity index (χ0v) is 12.5. The highest BCUT2D eigenvalue weighted by molar-refractivity contribution is 5.96. The van der Waals surface area contributed by atoms with Crippen molar-refractivity contribution in [2.45, 2.75) is 26.3 Å². The van der Waals surface area contributed by atoms with Crippen LogP contribution in [0.3, 0.4) is 0 Å². The van der Waals surface area contributed by atoms with Crippen LogP contribution in [0.25, 0.3) is 10.9 Å². The Labute approximate surface area is 124 Å². The van der Waals surface area contributed by atoms with Gasteiger partial charge in [0.05, 0.1) is 6.61 Å².